The lowest BCUT2D eigenvalue weighted by molar-refractivity contribution is -0.170. The molecular weight excluding hydrogens is 350 g/mol. The van der Waals surface area contributed by atoms with Gasteiger partial charge in [-0.2, -0.15) is 4.31 Å². The van der Waals surface area contributed by atoms with Crippen molar-refractivity contribution in [1.82, 2.24) is 14.3 Å². The maximum Gasteiger partial charge on any atom is 0.347 e. The first kappa shape index (κ1) is 17.5. The predicted molar refractivity (Wildman–Crippen MR) is 85.9 cm³/mol. The van der Waals surface area contributed by atoms with Crippen LogP contribution in [0.5, 0.6) is 0 Å². The van der Waals surface area contributed by atoms with Gasteiger partial charge in [0.05, 0.1) is 23.9 Å². The molecule has 3 rings (SSSR count). The fourth-order valence-electron chi connectivity index (χ4n) is 2.78. The number of amides is 2. The second-order valence-corrected chi connectivity index (χ2v) is 7.83. The van der Waals surface area contributed by atoms with Crippen LogP contribution in [0.25, 0.3) is 0 Å². The van der Waals surface area contributed by atoms with Crippen molar-refractivity contribution >= 4 is 27.8 Å². The van der Waals surface area contributed by atoms with E-state index < -0.39 is 27.8 Å². The van der Waals surface area contributed by atoms with Crippen molar-refractivity contribution in [1.29, 1.82) is 0 Å². The Balaban J connectivity index is 1.56. The summed E-state index contributed by atoms with van der Waals surface area (Å²) in [5.41, 5.74) is 0.393. The van der Waals surface area contributed by atoms with E-state index >= 15 is 0 Å². The minimum Gasteiger partial charge on any atom is -0.328 e. The molecule has 10 heteroatoms. The molecule has 0 bridgehead atoms. The van der Waals surface area contributed by atoms with Gasteiger partial charge < -0.3 is 4.84 Å². The zero-order chi connectivity index (χ0) is 18.2. The summed E-state index contributed by atoms with van der Waals surface area (Å²) < 4.78 is 24.3. The standard InChI is InChI=1S/C15H17N3O6S/c1-25(22,23)17-8-6-16(7-9-17)10-13(19)24-18-14(20)11-4-2-3-5-12(11)15(18)21/h2-5H,6-10H2,1H3. The molecule has 9 nitrogen and oxygen atoms in total. The number of nitrogens with zero attached hydrogens (tertiary/aromatic N) is 3. The summed E-state index contributed by atoms with van der Waals surface area (Å²) in [6.07, 6.45) is 1.14. The van der Waals surface area contributed by atoms with E-state index in [2.05, 4.69) is 0 Å². The highest BCUT2D eigenvalue weighted by molar-refractivity contribution is 7.88. The van der Waals surface area contributed by atoms with Gasteiger partial charge in [-0.25, -0.2) is 13.2 Å². The van der Waals surface area contributed by atoms with E-state index in [1.807, 2.05) is 0 Å². The third-order valence-corrected chi connectivity index (χ3v) is 5.41. The van der Waals surface area contributed by atoms with Gasteiger partial charge in [-0.05, 0) is 12.1 Å². The molecule has 2 heterocycles. The number of benzene rings is 1. The highest BCUT2D eigenvalue weighted by Gasteiger charge is 2.38. The maximum absolute atomic E-state index is 12.1. The Labute approximate surface area is 144 Å². The second kappa shape index (κ2) is 6.54. The lowest BCUT2D eigenvalue weighted by atomic mass is 10.1. The number of piperazine rings is 1. The predicted octanol–water partition coefficient (Wildman–Crippen LogP) is -0.682. The average molecular weight is 367 g/mol. The highest BCUT2D eigenvalue weighted by Crippen LogP contribution is 2.22. The molecule has 0 spiro atoms. The van der Waals surface area contributed by atoms with Crippen LogP contribution in [-0.4, -0.2) is 79.4 Å². The van der Waals surface area contributed by atoms with Gasteiger partial charge in [0.25, 0.3) is 11.8 Å². The molecule has 2 aliphatic heterocycles. The van der Waals surface area contributed by atoms with E-state index in [4.69, 9.17) is 4.84 Å². The van der Waals surface area contributed by atoms with Crippen LogP contribution in [0.3, 0.4) is 0 Å². The van der Waals surface area contributed by atoms with E-state index in [0.717, 1.165) is 6.26 Å². The molecule has 0 saturated carbocycles. The van der Waals surface area contributed by atoms with Crippen LogP contribution in [0.4, 0.5) is 0 Å². The lowest BCUT2D eigenvalue weighted by Crippen LogP contribution is -2.50. The number of hydrogen-bond donors (Lipinski definition) is 0. The minimum atomic E-state index is -3.25. The van der Waals surface area contributed by atoms with Crippen LogP contribution in [0.2, 0.25) is 0 Å². The largest absolute Gasteiger partial charge is 0.347 e. The first-order valence-corrected chi connectivity index (χ1v) is 9.48. The average Bonchev–Trinajstić information content (AvgIpc) is 2.80. The maximum atomic E-state index is 12.1. The van der Waals surface area contributed by atoms with Crippen molar-refractivity contribution in [2.75, 3.05) is 39.0 Å². The van der Waals surface area contributed by atoms with Crippen LogP contribution in [0, 0.1) is 0 Å². The first-order chi connectivity index (χ1) is 11.8. The van der Waals surface area contributed by atoms with Gasteiger partial charge in [0, 0.05) is 26.2 Å². The van der Waals surface area contributed by atoms with E-state index in [9.17, 15) is 22.8 Å². The Hall–Kier alpha value is -2.30. The van der Waals surface area contributed by atoms with Crippen molar-refractivity contribution in [3.05, 3.63) is 35.4 Å². The monoisotopic (exact) mass is 367 g/mol. The normalized spacial score (nSPS) is 19.2. The fourth-order valence-corrected chi connectivity index (χ4v) is 3.61. The Morgan fingerprint density at radius 3 is 2.04 bits per heavy atom. The number of hydrogen-bond acceptors (Lipinski definition) is 7. The number of sulfonamides is 1. The summed E-state index contributed by atoms with van der Waals surface area (Å²) in [4.78, 5) is 43.0. The first-order valence-electron chi connectivity index (χ1n) is 7.63. The van der Waals surface area contributed by atoms with Gasteiger partial charge >= 0.3 is 5.97 Å². The minimum absolute atomic E-state index is 0.134. The van der Waals surface area contributed by atoms with Crippen LogP contribution < -0.4 is 0 Å². The molecule has 2 amide bonds. The van der Waals surface area contributed by atoms with Crippen molar-refractivity contribution in [2.45, 2.75) is 0 Å². The molecule has 1 saturated heterocycles. The zero-order valence-corrected chi connectivity index (χ0v) is 14.4. The Bertz CT molecular complexity index is 794. The molecule has 0 aromatic heterocycles. The molecule has 2 aliphatic rings. The van der Waals surface area contributed by atoms with E-state index in [-0.39, 0.29) is 30.8 Å². The molecule has 25 heavy (non-hydrogen) atoms. The number of rotatable bonds is 4. The van der Waals surface area contributed by atoms with E-state index in [1.165, 1.54) is 16.4 Å². The third-order valence-electron chi connectivity index (χ3n) is 4.10. The number of carbonyl (C=O) groups is 3. The summed E-state index contributed by atoms with van der Waals surface area (Å²) in [5.74, 6) is -2.09. The molecule has 1 fully saturated rings. The Morgan fingerprint density at radius 1 is 1.04 bits per heavy atom. The van der Waals surface area contributed by atoms with Crippen molar-refractivity contribution in [3.63, 3.8) is 0 Å². The number of hydroxylamine groups is 2. The van der Waals surface area contributed by atoms with Crippen LogP contribution >= 0.6 is 0 Å². The molecule has 0 N–H and O–H groups in total. The topological polar surface area (TPSA) is 104 Å². The summed E-state index contributed by atoms with van der Waals surface area (Å²) in [6.45, 7) is 1.15. The summed E-state index contributed by atoms with van der Waals surface area (Å²) in [6, 6.07) is 6.23. The van der Waals surface area contributed by atoms with Crippen molar-refractivity contribution < 1.29 is 27.6 Å². The van der Waals surface area contributed by atoms with Gasteiger partial charge in [-0.15, -0.1) is 0 Å². The summed E-state index contributed by atoms with van der Waals surface area (Å²) >= 11 is 0. The van der Waals surface area contributed by atoms with Crippen LogP contribution in [0.1, 0.15) is 20.7 Å². The molecular formula is C15H17N3O6S. The van der Waals surface area contributed by atoms with Crippen LogP contribution in [0.15, 0.2) is 24.3 Å². The Kier molecular flexibility index (Phi) is 4.58. The third kappa shape index (κ3) is 3.55. The summed E-state index contributed by atoms with van der Waals surface area (Å²) in [7, 11) is -3.25. The van der Waals surface area contributed by atoms with Crippen molar-refractivity contribution in [3.8, 4) is 0 Å². The number of fused-ring (bicyclic) bond motifs is 1. The smallest absolute Gasteiger partial charge is 0.328 e. The Morgan fingerprint density at radius 2 is 1.56 bits per heavy atom. The zero-order valence-electron chi connectivity index (χ0n) is 13.5. The van der Waals surface area contributed by atoms with E-state index in [0.29, 0.717) is 18.2 Å². The molecule has 1 aromatic rings. The second-order valence-electron chi connectivity index (χ2n) is 5.85. The van der Waals surface area contributed by atoms with E-state index in [1.54, 1.807) is 17.0 Å². The molecule has 0 atom stereocenters. The lowest BCUT2D eigenvalue weighted by Gasteiger charge is -2.32. The molecule has 0 aliphatic carbocycles. The quantitative estimate of drug-likeness (QED) is 0.649. The molecule has 0 unspecified atom stereocenters. The summed E-state index contributed by atoms with van der Waals surface area (Å²) in [5, 5.41) is 0.472. The number of carbonyl (C=O) groups excluding carboxylic acids is 3. The number of imide groups is 1. The van der Waals surface area contributed by atoms with Gasteiger partial charge in [-0.3, -0.25) is 14.5 Å². The molecule has 1 aromatic carbocycles. The SMILES string of the molecule is CS(=O)(=O)N1CCN(CC(=O)ON2C(=O)c3ccccc3C2=O)CC1. The van der Waals surface area contributed by atoms with Crippen LogP contribution in [-0.2, 0) is 19.7 Å². The van der Waals surface area contributed by atoms with Gasteiger partial charge in [0.15, 0.2) is 0 Å². The van der Waals surface area contributed by atoms with Gasteiger partial charge in [0.1, 0.15) is 0 Å². The van der Waals surface area contributed by atoms with Crippen molar-refractivity contribution in [2.24, 2.45) is 0 Å². The fraction of sp³-hybridized carbons (Fsp3) is 0.400. The molecule has 0 radical (unpaired) electrons. The van der Waals surface area contributed by atoms with Gasteiger partial charge in [-0.1, -0.05) is 17.2 Å². The molecule has 134 valence electrons. The van der Waals surface area contributed by atoms with Gasteiger partial charge in [0.2, 0.25) is 10.0 Å². The highest BCUT2D eigenvalue weighted by atomic mass is 32.2.